The molecule has 37 heavy (non-hydrogen) atoms. The lowest BCUT2D eigenvalue weighted by molar-refractivity contribution is -0.145. The van der Waals surface area contributed by atoms with Gasteiger partial charge >= 0.3 is 5.97 Å². The molecule has 12 nitrogen and oxygen atoms in total. The Balaban J connectivity index is 1.55. The van der Waals surface area contributed by atoms with E-state index in [4.69, 9.17) is 19.7 Å². The maximum absolute atomic E-state index is 15.8. The summed E-state index contributed by atoms with van der Waals surface area (Å²) in [6.45, 7) is 5.43. The summed E-state index contributed by atoms with van der Waals surface area (Å²) in [5.74, 6) is -0.636. The maximum atomic E-state index is 15.8. The zero-order valence-electron chi connectivity index (χ0n) is 20.9. The van der Waals surface area contributed by atoms with E-state index in [9.17, 15) is 14.5 Å². The van der Waals surface area contributed by atoms with Crippen LogP contribution in [0.1, 0.15) is 32.7 Å². The van der Waals surface area contributed by atoms with E-state index in [1.165, 1.54) is 17.8 Å². The smallest absolute Gasteiger partial charge is 0.320 e. The summed E-state index contributed by atoms with van der Waals surface area (Å²) in [6, 6.07) is 8.19. The van der Waals surface area contributed by atoms with Gasteiger partial charge in [-0.2, -0.15) is 4.98 Å². The molecule has 0 bridgehead atoms. The van der Waals surface area contributed by atoms with Crippen LogP contribution in [-0.2, 0) is 23.4 Å². The topological polar surface area (TPSA) is 164 Å². The van der Waals surface area contributed by atoms with Crippen LogP contribution in [0.25, 0.3) is 11.2 Å². The third-order valence-electron chi connectivity index (χ3n) is 5.90. The summed E-state index contributed by atoms with van der Waals surface area (Å²) in [5.41, 5.74) is 4.63. The lowest BCUT2D eigenvalue weighted by Gasteiger charge is -2.25. The molecule has 1 fully saturated rings. The second kappa shape index (κ2) is 10.4. The Kier molecular flexibility index (Phi) is 7.63. The third kappa shape index (κ3) is 5.51. The fourth-order valence-electron chi connectivity index (χ4n) is 4.09. The van der Waals surface area contributed by atoms with E-state index in [1.54, 1.807) is 51.1 Å². The first-order valence-electron chi connectivity index (χ1n) is 11.7. The van der Waals surface area contributed by atoms with E-state index in [1.807, 2.05) is 0 Å². The number of rotatable bonds is 9. The van der Waals surface area contributed by atoms with E-state index in [-0.39, 0.29) is 29.5 Å². The number of halogens is 1. The molecule has 2 aromatic heterocycles. The van der Waals surface area contributed by atoms with Crippen molar-refractivity contribution in [2.24, 2.45) is 0 Å². The molecule has 0 radical (unpaired) electrons. The number of aryl methyl sites for hydroxylation is 1. The number of fused-ring (bicyclic) bond motifs is 1. The number of aliphatic hydroxyl groups excluding tert-OH is 1. The Morgan fingerprint density at radius 1 is 1.35 bits per heavy atom. The maximum Gasteiger partial charge on any atom is 0.320 e. The average Bonchev–Trinajstić information content (AvgIpc) is 3.35. The van der Waals surface area contributed by atoms with Crippen LogP contribution >= 0.6 is 7.52 Å². The molecule has 0 amide bonds. The molecule has 3 heterocycles. The highest BCUT2D eigenvalue weighted by atomic mass is 31.2. The van der Waals surface area contributed by atoms with Crippen LogP contribution in [-0.4, -0.2) is 67.7 Å². The van der Waals surface area contributed by atoms with Gasteiger partial charge in [-0.1, -0.05) is 18.2 Å². The van der Waals surface area contributed by atoms with Crippen LogP contribution in [0.2, 0.25) is 0 Å². The number of nitrogen functional groups attached to an aromatic ring is 1. The van der Waals surface area contributed by atoms with Gasteiger partial charge < -0.3 is 24.8 Å². The molecule has 1 aromatic carbocycles. The van der Waals surface area contributed by atoms with Crippen LogP contribution in [0.15, 0.2) is 36.7 Å². The summed E-state index contributed by atoms with van der Waals surface area (Å²) in [5, 5.41) is 13.7. The predicted octanol–water partition coefficient (Wildman–Crippen LogP) is 1.78. The average molecular weight is 537 g/mol. The van der Waals surface area contributed by atoms with Crippen LogP contribution < -0.4 is 16.1 Å². The van der Waals surface area contributed by atoms with E-state index in [2.05, 4.69) is 20.0 Å². The summed E-state index contributed by atoms with van der Waals surface area (Å²) < 4.78 is 47.6. The molecule has 3 unspecified atom stereocenters. The fourth-order valence-corrected chi connectivity index (χ4v) is 5.77. The summed E-state index contributed by atoms with van der Waals surface area (Å²) >= 11 is 0. The number of alkyl halides is 1. The molecular weight excluding hydrogens is 506 g/mol. The second-order valence-electron chi connectivity index (χ2n) is 9.17. The van der Waals surface area contributed by atoms with E-state index in [0.29, 0.717) is 11.2 Å². The number of carbonyl (C=O) groups is 1. The molecule has 1 saturated heterocycles. The number of nitrogens with two attached hydrogens (primary N) is 1. The van der Waals surface area contributed by atoms with Gasteiger partial charge in [0, 0.05) is 0 Å². The lowest BCUT2D eigenvalue weighted by Crippen LogP contribution is -2.41. The van der Waals surface area contributed by atoms with Gasteiger partial charge in [0.1, 0.15) is 24.3 Å². The number of esters is 1. The predicted molar refractivity (Wildman–Crippen MR) is 133 cm³/mol. The van der Waals surface area contributed by atoms with Crippen molar-refractivity contribution in [1.82, 2.24) is 24.6 Å². The minimum absolute atomic E-state index is 0.0170. The van der Waals surface area contributed by atoms with Gasteiger partial charge in [0.15, 0.2) is 17.5 Å². The molecule has 0 spiro atoms. The minimum Gasteiger partial charge on any atom is -0.462 e. The first-order valence-corrected chi connectivity index (χ1v) is 13.3. The number of carbonyl (C=O) groups excluding carboxylic acids is 1. The van der Waals surface area contributed by atoms with Gasteiger partial charge in [-0.25, -0.2) is 19.4 Å². The molecule has 5 atom stereocenters. The van der Waals surface area contributed by atoms with E-state index < -0.39 is 44.2 Å². The number of ether oxygens (including phenoxy) is 2. The normalized spacial score (nSPS) is 25.4. The summed E-state index contributed by atoms with van der Waals surface area (Å²) in [7, 11) is -3.84. The van der Waals surface area contributed by atoms with Gasteiger partial charge in [-0.15, -0.1) is 0 Å². The number of imidazole rings is 1. The van der Waals surface area contributed by atoms with Crippen LogP contribution in [0.3, 0.4) is 0 Å². The van der Waals surface area contributed by atoms with Crippen molar-refractivity contribution in [1.29, 1.82) is 0 Å². The molecule has 1 aliphatic heterocycles. The first kappa shape index (κ1) is 27.1. The second-order valence-corrected chi connectivity index (χ2v) is 11.4. The van der Waals surface area contributed by atoms with Gasteiger partial charge in [-0.3, -0.25) is 13.9 Å². The molecule has 4 N–H and O–H groups in total. The Bertz CT molecular complexity index is 1320. The first-order chi connectivity index (χ1) is 17.4. The number of nitrogens with zero attached hydrogens (tertiary/aromatic N) is 4. The molecular formula is C23H30FN6O6P. The molecule has 1 aliphatic rings. The third-order valence-corrected chi connectivity index (χ3v) is 7.96. The highest BCUT2D eigenvalue weighted by molar-refractivity contribution is 7.65. The molecule has 200 valence electrons. The number of aromatic nitrogens is 4. The van der Waals surface area contributed by atoms with Crippen molar-refractivity contribution in [2.75, 3.05) is 18.9 Å². The van der Waals surface area contributed by atoms with Crippen molar-refractivity contribution in [3.63, 3.8) is 0 Å². The monoisotopic (exact) mass is 536 g/mol. The Hall–Kier alpha value is -2.96. The quantitative estimate of drug-likeness (QED) is 0.270. The van der Waals surface area contributed by atoms with E-state index >= 15 is 4.39 Å². The van der Waals surface area contributed by atoms with Crippen molar-refractivity contribution in [2.45, 2.75) is 57.9 Å². The number of benzene rings is 1. The van der Waals surface area contributed by atoms with Crippen molar-refractivity contribution < 1.29 is 32.9 Å². The zero-order valence-corrected chi connectivity index (χ0v) is 21.8. The number of hydrogen-bond acceptors (Lipinski definition) is 10. The van der Waals surface area contributed by atoms with Gasteiger partial charge in [-0.05, 0) is 39.8 Å². The molecule has 4 rings (SSSR count). The largest absolute Gasteiger partial charge is 0.462 e. The summed E-state index contributed by atoms with van der Waals surface area (Å²) in [4.78, 5) is 24.5. The molecule has 14 heteroatoms. The lowest BCUT2D eigenvalue weighted by atomic mass is 9.98. The SMILES string of the molecule is Cc1nc(N)nc2c1ncn2C1OC(COP(=O)(NCC(=O)OC(C)C)c2ccccc2)[C@@H](O)[C@@]1(C)F. The highest BCUT2D eigenvalue weighted by Gasteiger charge is 2.55. The zero-order chi connectivity index (χ0) is 27.0. The van der Waals surface area contributed by atoms with Gasteiger partial charge in [0.05, 0.1) is 30.0 Å². The standard InChI is InChI=1S/C23H30FN6O6P/c1-13(2)35-17(31)10-27-37(33,15-8-6-5-7-9-15)34-11-16-19(32)23(4,24)21(36-16)30-12-26-18-14(3)28-22(25)29-20(18)30/h5-9,12-13,16,19,21,32H,10-11H2,1-4H3,(H,27,33)(H2,25,28,29)/t16?,19-,21?,23-,37?/m1/s1. The number of anilines is 1. The highest BCUT2D eigenvalue weighted by Crippen LogP contribution is 2.46. The Morgan fingerprint density at radius 3 is 2.73 bits per heavy atom. The summed E-state index contributed by atoms with van der Waals surface area (Å²) in [6.07, 6.45) is -3.21. The molecule has 3 aromatic rings. The number of nitrogens with one attached hydrogen (secondary N) is 1. The van der Waals surface area contributed by atoms with Crippen LogP contribution in [0, 0.1) is 6.92 Å². The van der Waals surface area contributed by atoms with E-state index in [0.717, 1.165) is 0 Å². The fraction of sp³-hybridized carbons (Fsp3) is 0.478. The van der Waals surface area contributed by atoms with Crippen LogP contribution in [0.5, 0.6) is 0 Å². The molecule has 0 aliphatic carbocycles. The number of hydrogen-bond donors (Lipinski definition) is 3. The van der Waals surface area contributed by atoms with Crippen LogP contribution in [0.4, 0.5) is 10.3 Å². The van der Waals surface area contributed by atoms with Gasteiger partial charge in [0.25, 0.3) is 7.52 Å². The number of aliphatic hydroxyl groups is 1. The minimum atomic E-state index is -3.84. The van der Waals surface area contributed by atoms with Crippen molar-refractivity contribution >= 4 is 35.9 Å². The molecule has 0 saturated carbocycles. The van der Waals surface area contributed by atoms with Gasteiger partial charge in [0.2, 0.25) is 5.95 Å². The Morgan fingerprint density at radius 2 is 2.05 bits per heavy atom. The van der Waals surface area contributed by atoms with Crippen molar-refractivity contribution in [3.8, 4) is 0 Å². The Labute approximate surface area is 212 Å². The van der Waals surface area contributed by atoms with Crippen molar-refractivity contribution in [3.05, 3.63) is 42.4 Å².